The van der Waals surface area contributed by atoms with Crippen molar-refractivity contribution in [1.29, 1.82) is 0 Å². The van der Waals surface area contributed by atoms with Gasteiger partial charge in [0, 0.05) is 37.2 Å². The quantitative estimate of drug-likeness (QED) is 0.491. The van der Waals surface area contributed by atoms with Gasteiger partial charge in [-0.15, -0.1) is 0 Å². The van der Waals surface area contributed by atoms with Crippen molar-refractivity contribution in [2.24, 2.45) is 0 Å². The Labute approximate surface area is 153 Å². The first-order chi connectivity index (χ1) is 11.9. The minimum Gasteiger partial charge on any atom is -0.462 e. The first-order valence-corrected chi connectivity index (χ1v) is 9.78. The molecular formula is C17H29NO6S. The smallest absolute Gasteiger partial charge is 0.305 e. The topological polar surface area (TPSA) is 98.8 Å². The van der Waals surface area contributed by atoms with Gasteiger partial charge in [0.15, 0.2) is 5.78 Å². The normalized spacial score (nSPS) is 12.8. The summed E-state index contributed by atoms with van der Waals surface area (Å²) in [6.07, 6.45) is 0.538. The van der Waals surface area contributed by atoms with E-state index < -0.39 is 12.1 Å². The van der Waals surface area contributed by atoms with E-state index in [1.165, 1.54) is 11.8 Å². The Hall–Kier alpha value is -1.57. The molecule has 0 saturated heterocycles. The Morgan fingerprint density at radius 2 is 1.52 bits per heavy atom. The molecule has 0 aromatic rings. The van der Waals surface area contributed by atoms with E-state index in [-0.39, 0.29) is 43.1 Å². The average Bonchev–Trinajstić information content (AvgIpc) is 2.63. The Balaban J connectivity index is 4.59. The molecule has 1 unspecified atom stereocenters. The minimum atomic E-state index is -0.577. The summed E-state index contributed by atoms with van der Waals surface area (Å²) in [6.45, 7) is 6.81. The molecule has 0 fully saturated rings. The van der Waals surface area contributed by atoms with E-state index in [2.05, 4.69) is 5.32 Å². The maximum atomic E-state index is 11.9. The molecule has 1 N–H and O–H groups in total. The number of carbonyl (C=O) groups excluding carboxylic acids is 4. The molecule has 0 spiro atoms. The molecule has 0 bridgehead atoms. The third-order valence-electron chi connectivity index (χ3n) is 3.29. The average molecular weight is 375 g/mol. The number of ether oxygens (including phenoxy) is 2. The predicted molar refractivity (Wildman–Crippen MR) is 96.3 cm³/mol. The van der Waals surface area contributed by atoms with Crippen molar-refractivity contribution in [3.05, 3.63) is 0 Å². The van der Waals surface area contributed by atoms with Gasteiger partial charge in [-0.2, -0.15) is 11.8 Å². The van der Waals surface area contributed by atoms with Crippen molar-refractivity contribution in [2.45, 2.75) is 65.5 Å². The third-order valence-corrected chi connectivity index (χ3v) is 4.46. The van der Waals surface area contributed by atoms with Gasteiger partial charge in [-0.25, -0.2) is 0 Å². The summed E-state index contributed by atoms with van der Waals surface area (Å²) in [4.78, 5) is 46.2. The van der Waals surface area contributed by atoms with Crippen LogP contribution in [0.3, 0.4) is 0 Å². The van der Waals surface area contributed by atoms with E-state index in [1.807, 2.05) is 0 Å². The molecule has 25 heavy (non-hydrogen) atoms. The highest BCUT2D eigenvalue weighted by Gasteiger charge is 2.21. The van der Waals surface area contributed by atoms with Crippen LogP contribution in [0.15, 0.2) is 0 Å². The maximum absolute atomic E-state index is 11.9. The van der Waals surface area contributed by atoms with Crippen molar-refractivity contribution in [1.82, 2.24) is 5.32 Å². The van der Waals surface area contributed by atoms with Crippen LogP contribution in [0.2, 0.25) is 0 Å². The molecule has 8 heteroatoms. The van der Waals surface area contributed by atoms with Gasteiger partial charge >= 0.3 is 11.9 Å². The highest BCUT2D eigenvalue weighted by Crippen LogP contribution is 2.11. The van der Waals surface area contributed by atoms with Crippen LogP contribution in [-0.2, 0) is 28.7 Å². The van der Waals surface area contributed by atoms with Crippen LogP contribution < -0.4 is 5.32 Å². The van der Waals surface area contributed by atoms with Crippen LogP contribution in [0, 0.1) is 0 Å². The molecule has 2 atom stereocenters. The molecular weight excluding hydrogens is 346 g/mol. The SMILES string of the molecule is CCC(=O)N[C@@H](CSCC(COC(=O)CC)OC(=O)CC)C(=O)CC. The predicted octanol–water partition coefficient (Wildman–Crippen LogP) is 1.87. The lowest BCUT2D eigenvalue weighted by molar-refractivity contribution is -0.157. The lowest BCUT2D eigenvalue weighted by Gasteiger charge is -2.20. The van der Waals surface area contributed by atoms with E-state index in [4.69, 9.17) is 9.47 Å². The summed E-state index contributed by atoms with van der Waals surface area (Å²) in [6, 6.07) is -0.567. The standard InChI is InChI=1S/C17H29NO6S/c1-5-14(19)13(18-15(20)6-2)11-25-10-12(24-17(22)8-4)9-23-16(21)7-3/h12-13H,5-11H2,1-4H3,(H,18,20)/t12?,13-/m0/s1. The van der Waals surface area contributed by atoms with Crippen LogP contribution in [0.5, 0.6) is 0 Å². The molecule has 7 nitrogen and oxygen atoms in total. The van der Waals surface area contributed by atoms with Crippen LogP contribution >= 0.6 is 11.8 Å². The second-order valence-electron chi connectivity index (χ2n) is 5.33. The molecule has 0 saturated carbocycles. The lowest BCUT2D eigenvalue weighted by Crippen LogP contribution is -2.42. The number of esters is 2. The lowest BCUT2D eigenvalue weighted by atomic mass is 10.1. The molecule has 0 aromatic heterocycles. The molecule has 0 aromatic carbocycles. The summed E-state index contributed by atoms with van der Waals surface area (Å²) < 4.78 is 10.3. The van der Waals surface area contributed by atoms with Crippen molar-refractivity contribution in [3.8, 4) is 0 Å². The Morgan fingerprint density at radius 3 is 2.04 bits per heavy atom. The van der Waals surface area contributed by atoms with E-state index in [1.54, 1.807) is 27.7 Å². The molecule has 1 amide bonds. The number of ketones is 1. The number of rotatable bonds is 13. The van der Waals surface area contributed by atoms with Crippen molar-refractivity contribution >= 4 is 35.4 Å². The zero-order valence-electron chi connectivity index (χ0n) is 15.5. The molecule has 0 aliphatic heterocycles. The van der Waals surface area contributed by atoms with Gasteiger partial charge in [0.1, 0.15) is 12.7 Å². The Bertz CT molecular complexity index is 454. The summed E-state index contributed by atoms with van der Waals surface area (Å²) in [5.74, 6) is -0.221. The van der Waals surface area contributed by atoms with Gasteiger partial charge in [-0.1, -0.05) is 27.7 Å². The van der Waals surface area contributed by atoms with E-state index >= 15 is 0 Å². The van der Waals surface area contributed by atoms with Crippen molar-refractivity contribution < 1.29 is 28.7 Å². The van der Waals surface area contributed by atoms with Crippen LogP contribution in [0.4, 0.5) is 0 Å². The Kier molecular flexibility index (Phi) is 12.8. The highest BCUT2D eigenvalue weighted by atomic mass is 32.2. The molecule has 0 rings (SSSR count). The summed E-state index contributed by atoms with van der Waals surface area (Å²) in [7, 11) is 0. The highest BCUT2D eigenvalue weighted by molar-refractivity contribution is 7.99. The minimum absolute atomic E-state index is 0.0148. The van der Waals surface area contributed by atoms with Gasteiger partial charge in [0.2, 0.25) is 5.91 Å². The van der Waals surface area contributed by atoms with Gasteiger partial charge in [0.05, 0.1) is 6.04 Å². The first kappa shape index (κ1) is 23.4. The summed E-state index contributed by atoms with van der Waals surface area (Å²) in [5, 5.41) is 2.70. The largest absolute Gasteiger partial charge is 0.462 e. The number of nitrogens with one attached hydrogen (secondary N) is 1. The molecule has 0 aliphatic rings. The second-order valence-corrected chi connectivity index (χ2v) is 6.41. The van der Waals surface area contributed by atoms with E-state index in [9.17, 15) is 19.2 Å². The molecule has 144 valence electrons. The van der Waals surface area contributed by atoms with Crippen molar-refractivity contribution in [3.63, 3.8) is 0 Å². The zero-order valence-corrected chi connectivity index (χ0v) is 16.3. The molecule has 0 heterocycles. The maximum Gasteiger partial charge on any atom is 0.305 e. The number of hydrogen-bond donors (Lipinski definition) is 1. The van der Waals surface area contributed by atoms with Gasteiger partial charge in [0.25, 0.3) is 0 Å². The van der Waals surface area contributed by atoms with Gasteiger partial charge < -0.3 is 14.8 Å². The van der Waals surface area contributed by atoms with Gasteiger partial charge in [-0.05, 0) is 0 Å². The number of hydrogen-bond acceptors (Lipinski definition) is 7. The number of Topliss-reactive ketones (excluding diaryl/α,β-unsaturated/α-hetero) is 1. The van der Waals surface area contributed by atoms with E-state index in [0.717, 1.165) is 0 Å². The second kappa shape index (κ2) is 13.7. The molecule has 0 aliphatic carbocycles. The number of amides is 1. The van der Waals surface area contributed by atoms with Crippen molar-refractivity contribution in [2.75, 3.05) is 18.1 Å². The first-order valence-electron chi connectivity index (χ1n) is 8.62. The number of thioether (sulfide) groups is 1. The fourth-order valence-electron chi connectivity index (χ4n) is 1.75. The number of carbonyl (C=O) groups is 4. The zero-order chi connectivity index (χ0) is 19.2. The summed E-state index contributed by atoms with van der Waals surface area (Å²) >= 11 is 1.37. The summed E-state index contributed by atoms with van der Waals surface area (Å²) in [5.41, 5.74) is 0. The van der Waals surface area contributed by atoms with Crippen LogP contribution in [0.1, 0.15) is 53.4 Å². The van der Waals surface area contributed by atoms with Crippen LogP contribution in [-0.4, -0.2) is 53.9 Å². The Morgan fingerprint density at radius 1 is 0.880 bits per heavy atom. The third kappa shape index (κ3) is 10.8. The fraction of sp³-hybridized carbons (Fsp3) is 0.765. The van der Waals surface area contributed by atoms with Gasteiger partial charge in [-0.3, -0.25) is 19.2 Å². The monoisotopic (exact) mass is 375 g/mol. The fourth-order valence-corrected chi connectivity index (χ4v) is 2.82. The molecule has 0 radical (unpaired) electrons. The van der Waals surface area contributed by atoms with E-state index in [0.29, 0.717) is 24.3 Å². The van der Waals surface area contributed by atoms with Crippen LogP contribution in [0.25, 0.3) is 0 Å².